The van der Waals surface area contributed by atoms with E-state index in [1.54, 1.807) is 11.3 Å². The lowest BCUT2D eigenvalue weighted by atomic mass is 10.0. The molecule has 0 radical (unpaired) electrons. The Bertz CT molecular complexity index is 982. The Morgan fingerprint density at radius 3 is 2.47 bits per heavy atom. The number of ether oxygens (including phenoxy) is 2. The summed E-state index contributed by atoms with van der Waals surface area (Å²) >= 11 is 1.61. The molecular weight excluding hydrogens is 396 g/mol. The fraction of sp³-hybridized carbons (Fsp3) is 0.333. The molecule has 1 saturated heterocycles. The van der Waals surface area contributed by atoms with Crippen molar-refractivity contribution < 1.29 is 14.3 Å². The van der Waals surface area contributed by atoms with Gasteiger partial charge in [0.1, 0.15) is 18.1 Å². The topological polar surface area (TPSA) is 51.7 Å². The quantitative estimate of drug-likeness (QED) is 0.511. The lowest BCUT2D eigenvalue weighted by Gasteiger charge is -2.25. The van der Waals surface area contributed by atoms with Crippen molar-refractivity contribution >= 4 is 17.2 Å². The first kappa shape index (κ1) is 20.4. The SMILES string of the molecule is CCOc1ccc([C@@H]2CCCN2C(=O)c2ccc(OCc3csc(C)n3)cc2)cc1. The largest absolute Gasteiger partial charge is 0.494 e. The van der Waals surface area contributed by atoms with Gasteiger partial charge < -0.3 is 14.4 Å². The first-order valence-electron chi connectivity index (χ1n) is 10.3. The summed E-state index contributed by atoms with van der Waals surface area (Å²) in [5, 5.41) is 3.03. The minimum Gasteiger partial charge on any atom is -0.494 e. The Hall–Kier alpha value is -2.86. The second-order valence-electron chi connectivity index (χ2n) is 7.33. The molecule has 1 atom stereocenters. The molecule has 2 aromatic carbocycles. The van der Waals surface area contributed by atoms with E-state index < -0.39 is 0 Å². The number of nitrogens with zero attached hydrogens (tertiary/aromatic N) is 2. The Kier molecular flexibility index (Phi) is 6.33. The van der Waals surface area contributed by atoms with Crippen LogP contribution in [0.1, 0.15) is 52.4 Å². The summed E-state index contributed by atoms with van der Waals surface area (Å²) in [5.74, 6) is 1.66. The summed E-state index contributed by atoms with van der Waals surface area (Å²) in [6.45, 7) is 5.81. The van der Waals surface area contributed by atoms with Crippen LogP contribution < -0.4 is 9.47 Å². The van der Waals surface area contributed by atoms with E-state index in [1.807, 2.05) is 60.5 Å². The first-order valence-corrected chi connectivity index (χ1v) is 11.2. The van der Waals surface area contributed by atoms with Crippen LogP contribution in [-0.2, 0) is 6.61 Å². The molecule has 0 saturated carbocycles. The summed E-state index contributed by atoms with van der Waals surface area (Å²) in [6, 6.07) is 15.6. The Morgan fingerprint density at radius 1 is 1.10 bits per heavy atom. The zero-order chi connectivity index (χ0) is 20.9. The van der Waals surface area contributed by atoms with Gasteiger partial charge in [0.15, 0.2) is 0 Å². The van der Waals surface area contributed by atoms with Crippen molar-refractivity contribution in [2.45, 2.75) is 39.3 Å². The van der Waals surface area contributed by atoms with E-state index in [0.717, 1.165) is 47.2 Å². The minimum atomic E-state index is 0.0630. The van der Waals surface area contributed by atoms with Crippen LogP contribution in [0.3, 0.4) is 0 Å². The lowest BCUT2D eigenvalue weighted by Crippen LogP contribution is -2.30. The number of thiazole rings is 1. The maximum atomic E-state index is 13.1. The molecule has 3 aromatic rings. The van der Waals surface area contributed by atoms with Crippen LogP contribution in [0.25, 0.3) is 0 Å². The van der Waals surface area contributed by atoms with Crippen LogP contribution in [0.15, 0.2) is 53.9 Å². The molecule has 1 aromatic heterocycles. The molecule has 30 heavy (non-hydrogen) atoms. The number of aromatic nitrogens is 1. The zero-order valence-corrected chi connectivity index (χ0v) is 18.2. The molecule has 2 heterocycles. The van der Waals surface area contributed by atoms with E-state index >= 15 is 0 Å². The van der Waals surface area contributed by atoms with Gasteiger partial charge in [0, 0.05) is 17.5 Å². The summed E-state index contributed by atoms with van der Waals surface area (Å²) in [5.41, 5.74) is 2.76. The number of carbonyl (C=O) groups is 1. The highest BCUT2D eigenvalue weighted by atomic mass is 32.1. The van der Waals surface area contributed by atoms with E-state index in [1.165, 1.54) is 0 Å². The van der Waals surface area contributed by atoms with Gasteiger partial charge in [0.05, 0.1) is 23.4 Å². The Balaban J connectivity index is 1.41. The Labute approximate surface area is 181 Å². The highest BCUT2D eigenvalue weighted by molar-refractivity contribution is 7.09. The molecule has 5 nitrogen and oxygen atoms in total. The van der Waals surface area contributed by atoms with Crippen molar-refractivity contribution in [3.63, 3.8) is 0 Å². The van der Waals surface area contributed by atoms with Gasteiger partial charge in [0.2, 0.25) is 0 Å². The molecule has 1 aliphatic rings. The van der Waals surface area contributed by atoms with E-state index in [2.05, 4.69) is 17.1 Å². The third kappa shape index (κ3) is 4.65. The van der Waals surface area contributed by atoms with Crippen LogP contribution in [0.2, 0.25) is 0 Å². The molecule has 0 aliphatic carbocycles. The van der Waals surface area contributed by atoms with Gasteiger partial charge in [-0.2, -0.15) is 0 Å². The van der Waals surface area contributed by atoms with Crippen LogP contribution >= 0.6 is 11.3 Å². The third-order valence-electron chi connectivity index (χ3n) is 5.24. The van der Waals surface area contributed by atoms with Crippen LogP contribution in [0.4, 0.5) is 0 Å². The monoisotopic (exact) mass is 422 g/mol. The number of amides is 1. The fourth-order valence-corrected chi connectivity index (χ4v) is 4.40. The van der Waals surface area contributed by atoms with Gasteiger partial charge in [-0.25, -0.2) is 4.98 Å². The highest BCUT2D eigenvalue weighted by Gasteiger charge is 2.30. The van der Waals surface area contributed by atoms with Gasteiger partial charge in [-0.1, -0.05) is 12.1 Å². The van der Waals surface area contributed by atoms with E-state index in [0.29, 0.717) is 18.8 Å². The van der Waals surface area contributed by atoms with Crippen molar-refractivity contribution in [1.29, 1.82) is 0 Å². The minimum absolute atomic E-state index is 0.0630. The fourth-order valence-electron chi connectivity index (χ4n) is 3.80. The molecule has 1 fully saturated rings. The van der Waals surface area contributed by atoms with Crippen LogP contribution in [0.5, 0.6) is 11.5 Å². The maximum absolute atomic E-state index is 13.1. The van der Waals surface area contributed by atoms with Crippen molar-refractivity contribution in [2.75, 3.05) is 13.2 Å². The normalized spacial score (nSPS) is 15.9. The van der Waals surface area contributed by atoms with Gasteiger partial charge in [0.25, 0.3) is 5.91 Å². The standard InChI is InChI=1S/C24H26N2O3S/c1-3-28-21-10-6-18(7-11-21)23-5-4-14-26(23)24(27)19-8-12-22(13-9-19)29-15-20-16-30-17(2)25-20/h6-13,16,23H,3-5,14-15H2,1-2H3/t23-/m0/s1. The molecular formula is C24H26N2O3S. The molecule has 0 bridgehead atoms. The third-order valence-corrected chi connectivity index (χ3v) is 6.07. The number of likely N-dealkylation sites (tertiary alicyclic amines) is 1. The number of aryl methyl sites for hydroxylation is 1. The van der Waals surface area contributed by atoms with Crippen molar-refractivity contribution in [1.82, 2.24) is 9.88 Å². The molecule has 4 rings (SSSR count). The van der Waals surface area contributed by atoms with Crippen LogP contribution in [0, 0.1) is 6.92 Å². The van der Waals surface area contributed by atoms with Gasteiger partial charge >= 0.3 is 0 Å². The maximum Gasteiger partial charge on any atom is 0.254 e. The van der Waals surface area contributed by atoms with Crippen molar-refractivity contribution in [2.24, 2.45) is 0 Å². The molecule has 0 spiro atoms. The predicted octanol–water partition coefficient (Wildman–Crippen LogP) is 5.41. The average molecular weight is 423 g/mol. The summed E-state index contributed by atoms with van der Waals surface area (Å²) in [6.07, 6.45) is 1.99. The second-order valence-corrected chi connectivity index (χ2v) is 8.39. The van der Waals surface area contributed by atoms with Crippen LogP contribution in [-0.4, -0.2) is 28.9 Å². The summed E-state index contributed by atoms with van der Waals surface area (Å²) in [7, 11) is 0. The van der Waals surface area contributed by atoms with E-state index in [4.69, 9.17) is 9.47 Å². The second kappa shape index (κ2) is 9.30. The van der Waals surface area contributed by atoms with Crippen molar-refractivity contribution in [3.8, 4) is 11.5 Å². The number of hydrogen-bond donors (Lipinski definition) is 0. The van der Waals surface area contributed by atoms with Gasteiger partial charge in [-0.3, -0.25) is 4.79 Å². The molecule has 0 unspecified atom stereocenters. The van der Waals surface area contributed by atoms with E-state index in [9.17, 15) is 4.79 Å². The van der Waals surface area contributed by atoms with E-state index in [-0.39, 0.29) is 11.9 Å². The van der Waals surface area contributed by atoms with Crippen molar-refractivity contribution in [3.05, 3.63) is 75.7 Å². The summed E-state index contributed by atoms with van der Waals surface area (Å²) < 4.78 is 11.3. The number of rotatable bonds is 7. The number of benzene rings is 2. The predicted molar refractivity (Wildman–Crippen MR) is 118 cm³/mol. The lowest BCUT2D eigenvalue weighted by molar-refractivity contribution is 0.0735. The zero-order valence-electron chi connectivity index (χ0n) is 17.3. The highest BCUT2D eigenvalue weighted by Crippen LogP contribution is 2.34. The number of hydrogen-bond acceptors (Lipinski definition) is 5. The summed E-state index contributed by atoms with van der Waals surface area (Å²) in [4.78, 5) is 19.5. The van der Waals surface area contributed by atoms with Gasteiger partial charge in [-0.05, 0) is 68.7 Å². The number of carbonyl (C=O) groups excluding carboxylic acids is 1. The smallest absolute Gasteiger partial charge is 0.254 e. The molecule has 156 valence electrons. The average Bonchev–Trinajstić information content (AvgIpc) is 3.42. The molecule has 1 amide bonds. The first-order chi connectivity index (χ1) is 14.6. The Morgan fingerprint density at radius 2 is 1.80 bits per heavy atom. The molecule has 0 N–H and O–H groups in total. The van der Waals surface area contributed by atoms with Gasteiger partial charge in [-0.15, -0.1) is 11.3 Å². The molecule has 6 heteroatoms. The molecule has 1 aliphatic heterocycles.